The highest BCUT2D eigenvalue weighted by atomic mass is 35.5. The zero-order valence-electron chi connectivity index (χ0n) is 19.7. The Morgan fingerprint density at radius 2 is 1.68 bits per heavy atom. The quantitative estimate of drug-likeness (QED) is 0.192. The summed E-state index contributed by atoms with van der Waals surface area (Å²) in [5, 5.41) is 0.611. The molecule has 1 aliphatic rings. The van der Waals surface area contributed by atoms with Gasteiger partial charge in [0.1, 0.15) is 13.1 Å². The van der Waals surface area contributed by atoms with Crippen LogP contribution in [0.1, 0.15) is 54.1 Å². The summed E-state index contributed by atoms with van der Waals surface area (Å²) >= 11 is 7.51. The van der Waals surface area contributed by atoms with Gasteiger partial charge in [0.25, 0.3) is 5.91 Å². The molecular formula is C26H32ClN2O4S+. The maximum Gasteiger partial charge on any atom is 0.356 e. The number of benzene rings is 2. The van der Waals surface area contributed by atoms with Crippen LogP contribution < -0.4 is 5.43 Å². The Hall–Kier alpha value is -2.35. The molecule has 0 aromatic heterocycles. The third-order valence-electron chi connectivity index (χ3n) is 6.04. The third kappa shape index (κ3) is 7.08. The lowest BCUT2D eigenvalue weighted by Crippen LogP contribution is -2.76. The molecule has 182 valence electrons. The molecule has 6 nitrogen and oxygen atoms in total. The summed E-state index contributed by atoms with van der Waals surface area (Å²) in [6, 6.07) is 15.2. The van der Waals surface area contributed by atoms with Gasteiger partial charge in [-0.15, -0.1) is 11.8 Å². The first kappa shape index (κ1) is 26.3. The molecule has 0 spiro atoms. The van der Waals surface area contributed by atoms with E-state index in [0.29, 0.717) is 24.4 Å². The van der Waals surface area contributed by atoms with Gasteiger partial charge in [-0.1, -0.05) is 42.3 Å². The van der Waals surface area contributed by atoms with Gasteiger partial charge in [0.05, 0.1) is 12.7 Å². The smallest absolute Gasteiger partial charge is 0.356 e. The summed E-state index contributed by atoms with van der Waals surface area (Å²) in [6.07, 6.45) is 5.09. The number of quaternary nitrogens is 1. The number of carbonyl (C=O) groups is 3. The van der Waals surface area contributed by atoms with Crippen molar-refractivity contribution in [3.8, 4) is 0 Å². The Kier molecular flexibility index (Phi) is 9.56. The summed E-state index contributed by atoms with van der Waals surface area (Å²) in [4.78, 5) is 36.4. The maximum atomic E-state index is 13.0. The lowest BCUT2D eigenvalue weighted by atomic mass is 10.1. The van der Waals surface area contributed by atoms with Crippen molar-refractivity contribution in [2.75, 3.05) is 20.2 Å². The van der Waals surface area contributed by atoms with Crippen molar-refractivity contribution in [1.82, 2.24) is 5.43 Å². The van der Waals surface area contributed by atoms with E-state index >= 15 is 0 Å². The number of carbonyl (C=O) groups excluding carboxylic acids is 3. The van der Waals surface area contributed by atoms with Gasteiger partial charge in [-0.25, -0.2) is 9.59 Å². The standard InChI is InChI=1S/C26H31ClN2O4S/c1-19(30)28-29(16-6-4-3-5-7-20-10-14-23(27)15-11-20)17-24(25(29)31)34-18-21-8-12-22(13-9-21)26(32)33-2/h8-15,24H,3-7,16-18H2,1-2H3/p+1. The van der Waals surface area contributed by atoms with Crippen LogP contribution in [0.25, 0.3) is 0 Å². The monoisotopic (exact) mass is 503 g/mol. The van der Waals surface area contributed by atoms with Crippen LogP contribution in [0.15, 0.2) is 48.5 Å². The van der Waals surface area contributed by atoms with Gasteiger partial charge in [0.15, 0.2) is 5.25 Å². The average molecular weight is 504 g/mol. The summed E-state index contributed by atoms with van der Waals surface area (Å²) < 4.78 is 4.76. The van der Waals surface area contributed by atoms with Crippen molar-refractivity contribution in [2.24, 2.45) is 0 Å². The first-order valence-corrected chi connectivity index (χ1v) is 13.0. The fourth-order valence-electron chi connectivity index (χ4n) is 4.17. The Morgan fingerprint density at radius 3 is 2.29 bits per heavy atom. The molecule has 1 aliphatic heterocycles. The number of aryl methyl sites for hydroxylation is 1. The first-order valence-electron chi connectivity index (χ1n) is 11.6. The number of nitrogens with one attached hydrogen (secondary N) is 1. The summed E-state index contributed by atoms with van der Waals surface area (Å²) in [5.74, 6) is 0.184. The van der Waals surface area contributed by atoms with Crippen molar-refractivity contribution >= 4 is 41.1 Å². The largest absolute Gasteiger partial charge is 0.465 e. The molecule has 1 fully saturated rings. The second-order valence-electron chi connectivity index (χ2n) is 8.66. The van der Waals surface area contributed by atoms with Crippen molar-refractivity contribution in [3.05, 3.63) is 70.2 Å². The molecule has 3 rings (SSSR count). The van der Waals surface area contributed by atoms with E-state index in [1.807, 2.05) is 24.3 Å². The highest BCUT2D eigenvalue weighted by Gasteiger charge is 2.56. The number of methoxy groups -OCH3 is 1. The molecule has 34 heavy (non-hydrogen) atoms. The molecule has 1 saturated heterocycles. The zero-order valence-corrected chi connectivity index (χ0v) is 21.3. The van der Waals surface area contributed by atoms with Crippen LogP contribution >= 0.6 is 23.4 Å². The van der Waals surface area contributed by atoms with E-state index in [-0.39, 0.29) is 27.6 Å². The number of ether oxygens (including phenoxy) is 1. The summed E-state index contributed by atoms with van der Waals surface area (Å²) in [7, 11) is 1.36. The molecular weight excluding hydrogens is 472 g/mol. The fraction of sp³-hybridized carbons (Fsp3) is 0.423. The summed E-state index contributed by atoms with van der Waals surface area (Å²) in [5.41, 5.74) is 5.71. The molecule has 0 saturated carbocycles. The van der Waals surface area contributed by atoms with E-state index in [1.165, 1.54) is 19.6 Å². The van der Waals surface area contributed by atoms with Gasteiger partial charge in [-0.2, -0.15) is 10.0 Å². The van der Waals surface area contributed by atoms with E-state index in [4.69, 9.17) is 16.3 Å². The van der Waals surface area contributed by atoms with E-state index in [0.717, 1.165) is 42.7 Å². The number of hydrogen-bond donors (Lipinski definition) is 1. The normalized spacial score (nSPS) is 19.4. The molecule has 2 amide bonds. The van der Waals surface area contributed by atoms with E-state index in [2.05, 4.69) is 17.6 Å². The first-order chi connectivity index (χ1) is 16.3. The minimum atomic E-state index is -0.365. The van der Waals surface area contributed by atoms with Crippen LogP contribution in [0.2, 0.25) is 5.02 Å². The number of likely N-dealkylation sites (tertiary alicyclic amines) is 1. The molecule has 0 aliphatic carbocycles. The SMILES string of the molecule is COC(=O)c1ccc(CSC2C[N+](CCCCCCc3ccc(Cl)cc3)(NC(C)=O)C2=O)cc1. The van der Waals surface area contributed by atoms with Crippen molar-refractivity contribution in [3.63, 3.8) is 0 Å². The van der Waals surface area contributed by atoms with Crippen LogP contribution in [0.4, 0.5) is 0 Å². The molecule has 2 atom stereocenters. The van der Waals surface area contributed by atoms with E-state index in [1.54, 1.807) is 23.9 Å². The Balaban J connectivity index is 1.42. The highest BCUT2D eigenvalue weighted by Crippen LogP contribution is 2.32. The average Bonchev–Trinajstić information content (AvgIpc) is 2.83. The van der Waals surface area contributed by atoms with E-state index < -0.39 is 0 Å². The predicted octanol–water partition coefficient (Wildman–Crippen LogP) is 4.94. The molecule has 2 aromatic rings. The topological polar surface area (TPSA) is 72.5 Å². The van der Waals surface area contributed by atoms with Gasteiger partial charge in [0.2, 0.25) is 0 Å². The molecule has 0 radical (unpaired) electrons. The van der Waals surface area contributed by atoms with Crippen LogP contribution in [0.5, 0.6) is 0 Å². The Morgan fingerprint density at radius 1 is 1.03 bits per heavy atom. The van der Waals surface area contributed by atoms with Crippen LogP contribution in [-0.4, -0.2) is 47.8 Å². The fourth-order valence-corrected chi connectivity index (χ4v) is 5.58. The number of β-lactam (4-membered cyclic amide) rings is 1. The lowest BCUT2D eigenvalue weighted by Gasteiger charge is -2.45. The van der Waals surface area contributed by atoms with Crippen molar-refractivity contribution in [2.45, 2.75) is 50.0 Å². The molecule has 2 unspecified atom stereocenters. The molecule has 1 N–H and O–H groups in total. The second-order valence-corrected chi connectivity index (χ2v) is 10.3. The molecule has 1 heterocycles. The molecule has 8 heteroatoms. The maximum absolute atomic E-state index is 13.0. The number of unbranched alkanes of at least 4 members (excludes halogenated alkanes) is 3. The summed E-state index contributed by atoms with van der Waals surface area (Å²) in [6.45, 7) is 2.70. The minimum Gasteiger partial charge on any atom is -0.465 e. The number of amides is 2. The number of halogens is 1. The van der Waals surface area contributed by atoms with E-state index in [9.17, 15) is 14.4 Å². The van der Waals surface area contributed by atoms with Gasteiger partial charge in [-0.05, 0) is 61.1 Å². The minimum absolute atomic E-state index is 0.0471. The molecule has 0 bridgehead atoms. The Bertz CT molecular complexity index is 997. The van der Waals surface area contributed by atoms with Crippen molar-refractivity contribution in [1.29, 1.82) is 0 Å². The Labute approximate surface area is 210 Å². The number of rotatable bonds is 12. The van der Waals surface area contributed by atoms with Gasteiger partial charge in [0, 0.05) is 17.7 Å². The van der Waals surface area contributed by atoms with Gasteiger partial charge >= 0.3 is 11.9 Å². The number of hydrogen-bond acceptors (Lipinski definition) is 5. The highest BCUT2D eigenvalue weighted by molar-refractivity contribution is 7.99. The second kappa shape index (κ2) is 12.4. The lowest BCUT2D eigenvalue weighted by molar-refractivity contribution is -0.912. The van der Waals surface area contributed by atoms with Crippen molar-refractivity contribution < 1.29 is 23.7 Å². The number of esters is 1. The van der Waals surface area contributed by atoms with Crippen LogP contribution in [0, 0.1) is 0 Å². The van der Waals surface area contributed by atoms with Gasteiger partial charge < -0.3 is 4.74 Å². The number of nitrogens with zero attached hydrogens (tertiary/aromatic N) is 1. The van der Waals surface area contributed by atoms with Crippen LogP contribution in [0.3, 0.4) is 0 Å². The van der Waals surface area contributed by atoms with Gasteiger partial charge in [-0.3, -0.25) is 4.79 Å². The zero-order chi connectivity index (χ0) is 24.6. The predicted molar refractivity (Wildman–Crippen MR) is 135 cm³/mol. The molecule has 2 aromatic carbocycles. The number of thioether (sulfide) groups is 1. The van der Waals surface area contributed by atoms with Crippen LogP contribution in [-0.2, 0) is 26.5 Å². The third-order valence-corrected chi connectivity index (χ3v) is 7.55.